The van der Waals surface area contributed by atoms with Gasteiger partial charge >= 0.3 is 5.91 Å². The van der Waals surface area contributed by atoms with E-state index in [2.05, 4.69) is 15.5 Å². The maximum Gasteiger partial charge on any atom is 0.318 e. The molecule has 1 N–H and O–H groups in total. The van der Waals surface area contributed by atoms with Crippen LogP contribution >= 0.6 is 23.2 Å². The Bertz CT molecular complexity index is 877. The summed E-state index contributed by atoms with van der Waals surface area (Å²) in [5, 5.41) is 6.84. The number of amides is 1. The smallest absolute Gasteiger partial charge is 0.318 e. The molecular formula is C18H15Cl2N3O2. The molecule has 0 spiro atoms. The third-order valence-corrected chi connectivity index (χ3v) is 5.94. The number of nitrogens with zero attached hydrogens (tertiary/aromatic N) is 2. The van der Waals surface area contributed by atoms with Crippen molar-refractivity contribution in [2.75, 3.05) is 5.32 Å². The van der Waals surface area contributed by atoms with E-state index in [4.69, 9.17) is 23.2 Å². The number of nitroso groups, excluding NO2 is 1. The Balaban J connectivity index is 1.81. The van der Waals surface area contributed by atoms with Crippen LogP contribution in [0.1, 0.15) is 59.0 Å². The Morgan fingerprint density at radius 1 is 1.08 bits per heavy atom. The van der Waals surface area contributed by atoms with Crippen LogP contribution in [0.4, 0.5) is 11.5 Å². The quantitative estimate of drug-likeness (QED) is 0.688. The van der Waals surface area contributed by atoms with E-state index >= 15 is 0 Å². The van der Waals surface area contributed by atoms with Gasteiger partial charge in [-0.25, -0.2) is 4.98 Å². The Kier molecular flexibility index (Phi) is 4.21. The minimum absolute atomic E-state index is 0.290. The van der Waals surface area contributed by atoms with Gasteiger partial charge in [-0.1, -0.05) is 23.2 Å². The minimum atomic E-state index is -0.739. The van der Waals surface area contributed by atoms with Crippen LogP contribution in [0.15, 0.2) is 29.6 Å². The fourth-order valence-electron chi connectivity index (χ4n) is 4.09. The Morgan fingerprint density at radius 3 is 2.40 bits per heavy atom. The molecule has 1 aromatic carbocycles. The number of carbonyl (C=O) groups is 1. The van der Waals surface area contributed by atoms with Crippen LogP contribution in [-0.2, 0) is 0 Å². The number of hydrogen-bond acceptors (Lipinski definition) is 4. The fourth-order valence-corrected chi connectivity index (χ4v) is 4.39. The first-order valence-electron chi connectivity index (χ1n) is 8.21. The van der Waals surface area contributed by atoms with Gasteiger partial charge in [0.05, 0.1) is 15.6 Å². The van der Waals surface area contributed by atoms with Crippen LogP contribution in [0.5, 0.6) is 0 Å². The molecule has 1 heterocycles. The zero-order valence-electron chi connectivity index (χ0n) is 13.3. The first-order valence-corrected chi connectivity index (χ1v) is 8.96. The van der Waals surface area contributed by atoms with Gasteiger partial charge in [0.1, 0.15) is 5.82 Å². The molecule has 0 saturated heterocycles. The van der Waals surface area contributed by atoms with Gasteiger partial charge in [-0.05, 0) is 61.3 Å². The Labute approximate surface area is 154 Å². The van der Waals surface area contributed by atoms with E-state index in [9.17, 15) is 9.70 Å². The zero-order valence-corrected chi connectivity index (χ0v) is 14.8. The number of benzene rings is 1. The van der Waals surface area contributed by atoms with Crippen molar-refractivity contribution in [3.63, 3.8) is 0 Å². The largest absolute Gasteiger partial charge is 0.340 e. The molecule has 0 aliphatic heterocycles. The number of nitrogens with one attached hydrogen (secondary N) is 1. The standard InChI is InChI=1S/C18H15Cl2N3O2/c19-13-6-5-11(7-14(13)20)22-17-16-10-3-1-9(2-4-10)15(16)12(8-21-17)18(24)23-25/h5-10H,1-4H2,(H,21,22). The zero-order chi connectivity index (χ0) is 17.6. The molecule has 128 valence electrons. The Hall–Kier alpha value is -1.98. The second-order valence-electron chi connectivity index (χ2n) is 6.55. The van der Waals surface area contributed by atoms with Crippen molar-refractivity contribution in [3.05, 3.63) is 56.0 Å². The number of halogens is 2. The molecule has 25 heavy (non-hydrogen) atoms. The van der Waals surface area contributed by atoms with E-state index in [1.807, 2.05) is 6.07 Å². The summed E-state index contributed by atoms with van der Waals surface area (Å²) in [6.45, 7) is 0. The van der Waals surface area contributed by atoms with Crippen molar-refractivity contribution in [3.8, 4) is 0 Å². The summed E-state index contributed by atoms with van der Waals surface area (Å²) in [4.78, 5) is 27.1. The highest BCUT2D eigenvalue weighted by Crippen LogP contribution is 2.52. The normalized spacial score (nSPS) is 20.9. The lowest BCUT2D eigenvalue weighted by Crippen LogP contribution is -2.26. The number of aromatic nitrogens is 1. The summed E-state index contributed by atoms with van der Waals surface area (Å²) in [6, 6.07) is 5.29. The first kappa shape index (κ1) is 16.5. The lowest BCUT2D eigenvalue weighted by atomic mass is 9.66. The van der Waals surface area contributed by atoms with Gasteiger partial charge in [0.2, 0.25) is 0 Å². The van der Waals surface area contributed by atoms with E-state index in [1.165, 1.54) is 6.20 Å². The molecule has 1 amide bonds. The van der Waals surface area contributed by atoms with Crippen molar-refractivity contribution < 1.29 is 4.79 Å². The summed E-state index contributed by atoms with van der Waals surface area (Å²) in [6.07, 6.45) is 5.67. The van der Waals surface area contributed by atoms with E-state index in [0.29, 0.717) is 27.3 Å². The molecule has 3 aliphatic carbocycles. The van der Waals surface area contributed by atoms with Crippen molar-refractivity contribution in [2.45, 2.75) is 37.5 Å². The molecule has 0 atom stereocenters. The summed E-state index contributed by atoms with van der Waals surface area (Å²) < 4.78 is 0. The molecule has 5 rings (SSSR count). The number of hydrogen-bond donors (Lipinski definition) is 1. The molecular weight excluding hydrogens is 361 g/mol. The molecule has 0 unspecified atom stereocenters. The van der Waals surface area contributed by atoms with Gasteiger partial charge < -0.3 is 5.32 Å². The minimum Gasteiger partial charge on any atom is -0.340 e. The molecule has 3 aliphatic rings. The van der Waals surface area contributed by atoms with E-state index in [1.54, 1.807) is 12.1 Å². The predicted molar refractivity (Wildman–Crippen MR) is 98.1 cm³/mol. The third kappa shape index (κ3) is 2.81. The molecule has 2 bridgehead atoms. The number of pyridine rings is 1. The molecule has 1 saturated carbocycles. The fraction of sp³-hybridized carbons (Fsp3) is 0.333. The number of carbonyl (C=O) groups excluding carboxylic acids is 1. The topological polar surface area (TPSA) is 71.4 Å². The van der Waals surface area contributed by atoms with Crippen molar-refractivity contribution in [2.24, 2.45) is 5.18 Å². The van der Waals surface area contributed by atoms with Crippen LogP contribution in [0.3, 0.4) is 0 Å². The number of anilines is 2. The molecule has 2 aromatic rings. The molecule has 5 nitrogen and oxygen atoms in total. The molecule has 1 fully saturated rings. The van der Waals surface area contributed by atoms with Gasteiger partial charge in [-0.3, -0.25) is 4.79 Å². The average Bonchev–Trinajstić information content (AvgIpc) is 2.65. The molecule has 0 radical (unpaired) electrons. The summed E-state index contributed by atoms with van der Waals surface area (Å²) in [7, 11) is 0. The van der Waals surface area contributed by atoms with Gasteiger partial charge in [0, 0.05) is 22.6 Å². The molecule has 7 heteroatoms. The highest BCUT2D eigenvalue weighted by atomic mass is 35.5. The number of rotatable bonds is 3. The van der Waals surface area contributed by atoms with E-state index in [-0.39, 0.29) is 5.92 Å². The van der Waals surface area contributed by atoms with Gasteiger partial charge in [0.25, 0.3) is 0 Å². The monoisotopic (exact) mass is 375 g/mol. The van der Waals surface area contributed by atoms with Crippen LogP contribution in [0.2, 0.25) is 10.0 Å². The summed E-state index contributed by atoms with van der Waals surface area (Å²) in [5.74, 6) is 0.609. The van der Waals surface area contributed by atoms with Crippen LogP contribution in [0, 0.1) is 4.91 Å². The average molecular weight is 376 g/mol. The third-order valence-electron chi connectivity index (χ3n) is 5.20. The lowest BCUT2D eigenvalue weighted by molar-refractivity contribution is 0.0998. The maximum absolute atomic E-state index is 11.9. The lowest BCUT2D eigenvalue weighted by Gasteiger charge is -2.39. The van der Waals surface area contributed by atoms with Crippen LogP contribution in [0.25, 0.3) is 0 Å². The Morgan fingerprint density at radius 2 is 1.76 bits per heavy atom. The van der Waals surface area contributed by atoms with Crippen molar-refractivity contribution in [1.82, 2.24) is 4.98 Å². The van der Waals surface area contributed by atoms with Crippen molar-refractivity contribution >= 4 is 40.6 Å². The summed E-state index contributed by atoms with van der Waals surface area (Å²) in [5.41, 5.74) is 3.12. The molecule has 1 aromatic heterocycles. The highest BCUT2D eigenvalue weighted by Gasteiger charge is 2.38. The second kappa shape index (κ2) is 6.39. The van der Waals surface area contributed by atoms with E-state index in [0.717, 1.165) is 42.5 Å². The SMILES string of the molecule is O=NC(=O)c1cnc(Nc2ccc(Cl)c(Cl)c2)c2c1C1CCC2CC1. The van der Waals surface area contributed by atoms with Crippen LogP contribution in [-0.4, -0.2) is 10.9 Å². The van der Waals surface area contributed by atoms with Gasteiger partial charge in [0.15, 0.2) is 0 Å². The van der Waals surface area contributed by atoms with Gasteiger partial charge in [-0.15, -0.1) is 4.91 Å². The van der Waals surface area contributed by atoms with E-state index < -0.39 is 5.91 Å². The van der Waals surface area contributed by atoms with Gasteiger partial charge in [-0.2, -0.15) is 0 Å². The second-order valence-corrected chi connectivity index (χ2v) is 7.36. The highest BCUT2D eigenvalue weighted by molar-refractivity contribution is 6.42. The predicted octanol–water partition coefficient (Wildman–Crippen LogP) is 5.79. The first-order chi connectivity index (χ1) is 12.1. The van der Waals surface area contributed by atoms with Crippen LogP contribution < -0.4 is 5.32 Å². The maximum atomic E-state index is 11.9. The summed E-state index contributed by atoms with van der Waals surface area (Å²) >= 11 is 12.1. The number of fused-ring (bicyclic) bond motifs is 2. The van der Waals surface area contributed by atoms with Crippen molar-refractivity contribution in [1.29, 1.82) is 0 Å².